The molecule has 0 aliphatic carbocycles. The van der Waals surface area contributed by atoms with Gasteiger partial charge in [-0.1, -0.05) is 41.9 Å². The van der Waals surface area contributed by atoms with Crippen molar-refractivity contribution in [3.8, 4) is 0 Å². The molecule has 1 amide bonds. The van der Waals surface area contributed by atoms with Crippen molar-refractivity contribution in [3.63, 3.8) is 0 Å². The van der Waals surface area contributed by atoms with Crippen LogP contribution in [-0.4, -0.2) is 53.4 Å². The number of rotatable bonds is 7. The van der Waals surface area contributed by atoms with Crippen LogP contribution in [0.5, 0.6) is 0 Å². The zero-order valence-electron chi connectivity index (χ0n) is 16.9. The van der Waals surface area contributed by atoms with Gasteiger partial charge in [-0.25, -0.2) is 0 Å². The Bertz CT molecular complexity index is 778. The summed E-state index contributed by atoms with van der Waals surface area (Å²) in [6, 6.07) is 11.9. The standard InChI is InChI=1S/C20H28ClN5O.HI/c1-5-26(13-16-9-7-6-8-10-16)19(27)12-23-20(22-2)25(4)15-18-11-17(21)14-24(18)3;/h6-11,14H,5,12-13,15H2,1-4H3,(H,22,23);1H. The molecule has 8 heteroatoms. The van der Waals surface area contributed by atoms with Crippen molar-refractivity contribution >= 4 is 47.4 Å². The number of hydrogen-bond donors (Lipinski definition) is 1. The van der Waals surface area contributed by atoms with E-state index in [4.69, 9.17) is 11.6 Å². The third-order valence-electron chi connectivity index (χ3n) is 4.40. The van der Waals surface area contributed by atoms with Gasteiger partial charge in [0.05, 0.1) is 18.1 Å². The second kappa shape index (κ2) is 12.0. The molecule has 0 unspecified atom stereocenters. The first-order valence-corrected chi connectivity index (χ1v) is 9.36. The Morgan fingerprint density at radius 2 is 1.93 bits per heavy atom. The fourth-order valence-corrected chi connectivity index (χ4v) is 3.14. The molecule has 0 aliphatic heterocycles. The molecule has 154 valence electrons. The Labute approximate surface area is 189 Å². The lowest BCUT2D eigenvalue weighted by atomic mass is 10.2. The predicted octanol–water partition coefficient (Wildman–Crippen LogP) is 3.35. The first-order valence-electron chi connectivity index (χ1n) is 8.98. The lowest BCUT2D eigenvalue weighted by Crippen LogP contribution is -2.45. The molecule has 1 N–H and O–H groups in total. The molecule has 1 aromatic heterocycles. The van der Waals surface area contributed by atoms with Gasteiger partial charge in [-0.3, -0.25) is 9.79 Å². The van der Waals surface area contributed by atoms with Crippen LogP contribution in [0.25, 0.3) is 0 Å². The molecule has 2 aromatic rings. The Balaban J connectivity index is 0.00000392. The largest absolute Gasteiger partial charge is 0.351 e. The number of amides is 1. The average Bonchev–Trinajstić information content (AvgIpc) is 2.97. The number of hydrogen-bond acceptors (Lipinski definition) is 2. The van der Waals surface area contributed by atoms with Crippen molar-refractivity contribution < 1.29 is 4.79 Å². The average molecular weight is 518 g/mol. The van der Waals surface area contributed by atoms with E-state index in [1.807, 2.05) is 78.0 Å². The number of guanidine groups is 1. The van der Waals surface area contributed by atoms with Crippen LogP contribution in [0, 0.1) is 0 Å². The molecule has 0 saturated heterocycles. The molecule has 0 radical (unpaired) electrons. The van der Waals surface area contributed by atoms with Crippen LogP contribution in [-0.2, 0) is 24.9 Å². The van der Waals surface area contributed by atoms with E-state index in [-0.39, 0.29) is 36.4 Å². The Morgan fingerprint density at radius 1 is 1.25 bits per heavy atom. The number of nitrogens with one attached hydrogen (secondary N) is 1. The zero-order valence-corrected chi connectivity index (χ0v) is 19.9. The van der Waals surface area contributed by atoms with Gasteiger partial charge >= 0.3 is 0 Å². The van der Waals surface area contributed by atoms with E-state index in [1.165, 1.54) is 0 Å². The van der Waals surface area contributed by atoms with Crippen LogP contribution < -0.4 is 5.32 Å². The number of likely N-dealkylation sites (N-methyl/N-ethyl adjacent to an activating group) is 1. The first-order chi connectivity index (χ1) is 12.9. The fourth-order valence-electron chi connectivity index (χ4n) is 2.87. The summed E-state index contributed by atoms with van der Waals surface area (Å²) in [5, 5.41) is 3.87. The number of carbonyl (C=O) groups is 1. The SMILES string of the molecule is CCN(Cc1ccccc1)C(=O)CNC(=NC)N(C)Cc1cc(Cl)cn1C.I. The molecule has 0 aliphatic rings. The number of aliphatic imine (C=N–C) groups is 1. The third-order valence-corrected chi connectivity index (χ3v) is 4.60. The molecule has 1 heterocycles. The summed E-state index contributed by atoms with van der Waals surface area (Å²) in [7, 11) is 5.60. The molecule has 6 nitrogen and oxygen atoms in total. The van der Waals surface area contributed by atoms with E-state index in [0.29, 0.717) is 30.6 Å². The minimum atomic E-state index is 0. The van der Waals surface area contributed by atoms with Crippen LogP contribution in [0.1, 0.15) is 18.2 Å². The normalized spacial score (nSPS) is 11.0. The van der Waals surface area contributed by atoms with E-state index in [1.54, 1.807) is 7.05 Å². The van der Waals surface area contributed by atoms with Gasteiger partial charge in [0.2, 0.25) is 5.91 Å². The first kappa shape index (κ1) is 24.3. The van der Waals surface area contributed by atoms with Crippen LogP contribution in [0.3, 0.4) is 0 Å². The lowest BCUT2D eigenvalue weighted by Gasteiger charge is -2.25. The highest BCUT2D eigenvalue weighted by Crippen LogP contribution is 2.14. The number of benzene rings is 1. The number of aryl methyl sites for hydroxylation is 1. The Morgan fingerprint density at radius 3 is 2.46 bits per heavy atom. The summed E-state index contributed by atoms with van der Waals surface area (Å²) < 4.78 is 1.98. The van der Waals surface area contributed by atoms with Crippen molar-refractivity contribution in [1.82, 2.24) is 19.7 Å². The summed E-state index contributed by atoms with van der Waals surface area (Å²) in [6.45, 7) is 4.09. The van der Waals surface area contributed by atoms with Gasteiger partial charge in [0, 0.05) is 46.1 Å². The van der Waals surface area contributed by atoms with Crippen molar-refractivity contribution in [3.05, 3.63) is 58.9 Å². The van der Waals surface area contributed by atoms with Crippen molar-refractivity contribution in [2.75, 3.05) is 27.2 Å². The van der Waals surface area contributed by atoms with E-state index in [0.717, 1.165) is 11.3 Å². The van der Waals surface area contributed by atoms with Gasteiger partial charge < -0.3 is 19.7 Å². The summed E-state index contributed by atoms with van der Waals surface area (Å²) in [6.07, 6.45) is 1.87. The van der Waals surface area contributed by atoms with Crippen molar-refractivity contribution in [1.29, 1.82) is 0 Å². The molecular formula is C20H29ClIN5O. The highest BCUT2D eigenvalue weighted by atomic mass is 127. The molecule has 1 aromatic carbocycles. The predicted molar refractivity (Wildman–Crippen MR) is 126 cm³/mol. The monoisotopic (exact) mass is 517 g/mol. The molecule has 28 heavy (non-hydrogen) atoms. The van der Waals surface area contributed by atoms with E-state index in [9.17, 15) is 4.79 Å². The second-order valence-corrected chi connectivity index (χ2v) is 6.85. The molecule has 0 atom stereocenters. The Hall–Kier alpha value is -1.74. The highest BCUT2D eigenvalue weighted by Gasteiger charge is 2.15. The molecular weight excluding hydrogens is 489 g/mol. The topological polar surface area (TPSA) is 52.9 Å². The van der Waals surface area contributed by atoms with Gasteiger partial charge in [-0.05, 0) is 18.6 Å². The maximum absolute atomic E-state index is 12.6. The van der Waals surface area contributed by atoms with Gasteiger partial charge in [0.15, 0.2) is 5.96 Å². The molecule has 2 rings (SSSR count). The summed E-state index contributed by atoms with van der Waals surface area (Å²) in [4.78, 5) is 20.7. The van der Waals surface area contributed by atoms with E-state index < -0.39 is 0 Å². The maximum atomic E-state index is 12.6. The molecule has 0 fully saturated rings. The summed E-state index contributed by atoms with van der Waals surface area (Å²) in [5.41, 5.74) is 2.19. The van der Waals surface area contributed by atoms with Crippen LogP contribution in [0.2, 0.25) is 5.02 Å². The number of carbonyl (C=O) groups excluding carboxylic acids is 1. The Kier molecular flexibility index (Phi) is 10.4. The number of halogens is 2. The minimum Gasteiger partial charge on any atom is -0.351 e. The van der Waals surface area contributed by atoms with Crippen molar-refractivity contribution in [2.45, 2.75) is 20.0 Å². The quantitative estimate of drug-likeness (QED) is 0.348. The zero-order chi connectivity index (χ0) is 19.8. The highest BCUT2D eigenvalue weighted by molar-refractivity contribution is 14.0. The van der Waals surface area contributed by atoms with Crippen LogP contribution >= 0.6 is 35.6 Å². The molecule has 0 spiro atoms. The summed E-state index contributed by atoms with van der Waals surface area (Å²) >= 11 is 6.05. The van der Waals surface area contributed by atoms with E-state index >= 15 is 0 Å². The van der Waals surface area contributed by atoms with E-state index in [2.05, 4.69) is 10.3 Å². The smallest absolute Gasteiger partial charge is 0.242 e. The van der Waals surface area contributed by atoms with Crippen molar-refractivity contribution in [2.24, 2.45) is 12.0 Å². The molecule has 0 saturated carbocycles. The minimum absolute atomic E-state index is 0. The van der Waals surface area contributed by atoms with Crippen LogP contribution in [0.15, 0.2) is 47.6 Å². The third kappa shape index (κ3) is 7.01. The number of nitrogens with zero attached hydrogens (tertiary/aromatic N) is 4. The van der Waals surface area contributed by atoms with Gasteiger partial charge in [-0.15, -0.1) is 24.0 Å². The summed E-state index contributed by atoms with van der Waals surface area (Å²) in [5.74, 6) is 0.703. The van der Waals surface area contributed by atoms with Crippen LogP contribution in [0.4, 0.5) is 0 Å². The number of aromatic nitrogens is 1. The fraction of sp³-hybridized carbons (Fsp3) is 0.400. The maximum Gasteiger partial charge on any atom is 0.242 e. The van der Waals surface area contributed by atoms with Gasteiger partial charge in [-0.2, -0.15) is 0 Å². The van der Waals surface area contributed by atoms with Gasteiger partial charge in [0.25, 0.3) is 0 Å². The van der Waals surface area contributed by atoms with Gasteiger partial charge in [0.1, 0.15) is 0 Å². The lowest BCUT2D eigenvalue weighted by molar-refractivity contribution is -0.130. The second-order valence-electron chi connectivity index (χ2n) is 6.41. The molecule has 0 bridgehead atoms.